The van der Waals surface area contributed by atoms with Gasteiger partial charge in [-0.25, -0.2) is 9.36 Å². The van der Waals surface area contributed by atoms with E-state index in [9.17, 15) is 9.36 Å². The van der Waals surface area contributed by atoms with Crippen LogP contribution in [0, 0.1) is 0 Å². The van der Waals surface area contributed by atoms with Crippen LogP contribution in [0.3, 0.4) is 0 Å². The monoisotopic (exact) mass is 232 g/mol. The lowest BCUT2D eigenvalue weighted by atomic mass is 10.2. The first-order chi connectivity index (χ1) is 6.94. The van der Waals surface area contributed by atoms with Gasteiger partial charge in [0.05, 0.1) is 11.3 Å². The van der Waals surface area contributed by atoms with Gasteiger partial charge in [0, 0.05) is 0 Å². The molecule has 82 valence electrons. The highest BCUT2D eigenvalue weighted by Gasteiger charge is 2.23. The summed E-state index contributed by atoms with van der Waals surface area (Å²) in [5.41, 5.74) is 2.37. The fraction of sp³-hybridized carbons (Fsp3) is 0. The normalized spacial score (nSPS) is 10.9. The van der Waals surface area contributed by atoms with Crippen molar-refractivity contribution in [3.63, 3.8) is 0 Å². The Hall–Kier alpha value is -1.40. The molecular weight excluding hydrogens is 223 g/mol. The van der Waals surface area contributed by atoms with Crippen molar-refractivity contribution in [3.8, 4) is 0 Å². The SMILES string of the molecule is NNc1ccccc1C(=O)OP(=O)(O)O. The number of nitrogens with one attached hydrogen (secondary N) is 1. The molecule has 0 atom stereocenters. The lowest BCUT2D eigenvalue weighted by molar-refractivity contribution is 0.0679. The number of hydrogen-bond acceptors (Lipinski definition) is 5. The van der Waals surface area contributed by atoms with Gasteiger partial charge in [-0.2, -0.15) is 0 Å². The third-order valence-electron chi connectivity index (χ3n) is 1.50. The smallest absolute Gasteiger partial charge is 0.367 e. The molecule has 0 spiro atoms. The van der Waals surface area contributed by atoms with Crippen LogP contribution in [0.15, 0.2) is 24.3 Å². The van der Waals surface area contributed by atoms with Gasteiger partial charge in [0.2, 0.25) is 0 Å². The van der Waals surface area contributed by atoms with E-state index < -0.39 is 13.8 Å². The van der Waals surface area contributed by atoms with E-state index in [1.165, 1.54) is 18.2 Å². The van der Waals surface area contributed by atoms with Gasteiger partial charge in [-0.3, -0.25) is 15.6 Å². The van der Waals surface area contributed by atoms with Crippen LogP contribution < -0.4 is 11.3 Å². The van der Waals surface area contributed by atoms with Crippen LogP contribution in [0.1, 0.15) is 10.4 Å². The number of para-hydroxylation sites is 1. The molecule has 0 aliphatic rings. The van der Waals surface area contributed by atoms with Crippen molar-refractivity contribution in [2.24, 2.45) is 5.84 Å². The Labute approximate surface area is 85.1 Å². The fourth-order valence-electron chi connectivity index (χ4n) is 0.944. The van der Waals surface area contributed by atoms with Crippen molar-refractivity contribution in [1.82, 2.24) is 0 Å². The molecule has 0 unspecified atom stereocenters. The van der Waals surface area contributed by atoms with E-state index in [4.69, 9.17) is 15.6 Å². The number of rotatable bonds is 3. The summed E-state index contributed by atoms with van der Waals surface area (Å²) in [6, 6.07) is 5.91. The number of hydrogen-bond donors (Lipinski definition) is 4. The number of anilines is 1. The van der Waals surface area contributed by atoms with Crippen LogP contribution in [0.4, 0.5) is 5.69 Å². The summed E-state index contributed by atoms with van der Waals surface area (Å²) in [7, 11) is -4.84. The predicted molar refractivity (Wildman–Crippen MR) is 51.7 cm³/mol. The number of benzene rings is 1. The first-order valence-corrected chi connectivity index (χ1v) is 5.32. The van der Waals surface area contributed by atoms with Gasteiger partial charge in [0.15, 0.2) is 0 Å². The lowest BCUT2D eigenvalue weighted by Crippen LogP contribution is -2.13. The minimum atomic E-state index is -4.84. The van der Waals surface area contributed by atoms with Gasteiger partial charge in [0.1, 0.15) is 0 Å². The largest absolute Gasteiger partial charge is 0.527 e. The maximum absolute atomic E-state index is 11.2. The van der Waals surface area contributed by atoms with Crippen molar-refractivity contribution in [1.29, 1.82) is 0 Å². The molecule has 0 saturated heterocycles. The third-order valence-corrected chi connectivity index (χ3v) is 1.91. The molecule has 0 aromatic heterocycles. The summed E-state index contributed by atoms with van der Waals surface area (Å²) >= 11 is 0. The zero-order valence-corrected chi connectivity index (χ0v) is 8.35. The van der Waals surface area contributed by atoms with Crippen LogP contribution in [-0.2, 0) is 9.09 Å². The number of carbonyl (C=O) groups excluding carboxylic acids is 1. The second-order valence-electron chi connectivity index (χ2n) is 2.56. The number of carbonyl (C=O) groups is 1. The maximum Gasteiger partial charge on any atom is 0.527 e. The summed E-state index contributed by atoms with van der Waals surface area (Å²) in [6.07, 6.45) is 0. The van der Waals surface area contributed by atoms with Crippen molar-refractivity contribution in [2.75, 3.05) is 5.43 Å². The van der Waals surface area contributed by atoms with E-state index in [0.29, 0.717) is 0 Å². The maximum atomic E-state index is 11.2. The fourth-order valence-corrected chi connectivity index (χ4v) is 1.26. The Morgan fingerprint density at radius 2 is 2.00 bits per heavy atom. The standard InChI is InChI=1S/C7H9N2O5P/c8-9-6-4-2-1-3-5(6)7(10)14-15(11,12)13/h1-4,9H,8H2,(H2,11,12,13). The van der Waals surface area contributed by atoms with Crippen molar-refractivity contribution < 1.29 is 23.7 Å². The first-order valence-electron chi connectivity index (χ1n) is 3.79. The molecular formula is C7H9N2O5P. The summed E-state index contributed by atoms with van der Waals surface area (Å²) in [5.74, 6) is 3.96. The Morgan fingerprint density at radius 1 is 1.40 bits per heavy atom. The molecule has 7 nitrogen and oxygen atoms in total. The van der Waals surface area contributed by atoms with Crippen LogP contribution in [0.2, 0.25) is 0 Å². The van der Waals surface area contributed by atoms with Gasteiger partial charge < -0.3 is 9.95 Å². The summed E-state index contributed by atoms with van der Waals surface area (Å²) in [5, 5.41) is 0. The Kier molecular flexibility index (Phi) is 3.43. The Bertz CT molecular complexity index is 416. The molecule has 5 N–H and O–H groups in total. The average molecular weight is 232 g/mol. The molecule has 1 rings (SSSR count). The minimum absolute atomic E-state index is 0.0525. The lowest BCUT2D eigenvalue weighted by Gasteiger charge is -2.08. The summed E-state index contributed by atoms with van der Waals surface area (Å²) in [6.45, 7) is 0. The molecule has 1 aromatic rings. The van der Waals surface area contributed by atoms with Gasteiger partial charge in [-0.05, 0) is 12.1 Å². The Balaban J connectivity index is 2.96. The van der Waals surface area contributed by atoms with Crippen LogP contribution >= 0.6 is 7.82 Å². The Morgan fingerprint density at radius 3 is 2.53 bits per heavy atom. The van der Waals surface area contributed by atoms with E-state index in [1.807, 2.05) is 0 Å². The first kappa shape index (κ1) is 11.7. The molecule has 0 aliphatic heterocycles. The number of hydrazine groups is 1. The molecule has 0 bridgehead atoms. The third kappa shape index (κ3) is 3.34. The molecule has 0 aliphatic carbocycles. The van der Waals surface area contributed by atoms with Crippen LogP contribution in [0.5, 0.6) is 0 Å². The second-order valence-corrected chi connectivity index (χ2v) is 3.72. The molecule has 0 heterocycles. The number of nitrogen functional groups attached to an aromatic ring is 1. The van der Waals surface area contributed by atoms with E-state index in [0.717, 1.165) is 0 Å². The average Bonchev–Trinajstić information content (AvgIpc) is 2.15. The highest BCUT2D eigenvalue weighted by atomic mass is 31.2. The zero-order valence-electron chi connectivity index (χ0n) is 7.45. The summed E-state index contributed by atoms with van der Waals surface area (Å²) < 4.78 is 14.3. The molecule has 0 saturated carbocycles. The van der Waals surface area contributed by atoms with Gasteiger partial charge in [0.25, 0.3) is 0 Å². The highest BCUT2D eigenvalue weighted by molar-refractivity contribution is 7.46. The van der Waals surface area contributed by atoms with Crippen molar-refractivity contribution in [3.05, 3.63) is 29.8 Å². The molecule has 0 radical (unpaired) electrons. The topological polar surface area (TPSA) is 122 Å². The molecule has 0 amide bonds. The molecule has 0 fully saturated rings. The van der Waals surface area contributed by atoms with Gasteiger partial charge in [-0.1, -0.05) is 12.1 Å². The van der Waals surface area contributed by atoms with E-state index in [1.54, 1.807) is 6.07 Å². The number of phosphoric ester groups is 1. The van der Waals surface area contributed by atoms with E-state index in [2.05, 4.69) is 9.95 Å². The van der Waals surface area contributed by atoms with Gasteiger partial charge >= 0.3 is 13.8 Å². The van der Waals surface area contributed by atoms with Crippen molar-refractivity contribution >= 4 is 19.5 Å². The van der Waals surface area contributed by atoms with Gasteiger partial charge in [-0.15, -0.1) is 0 Å². The van der Waals surface area contributed by atoms with Crippen LogP contribution in [0.25, 0.3) is 0 Å². The molecule has 8 heteroatoms. The quantitative estimate of drug-likeness (QED) is 0.334. The number of nitrogens with two attached hydrogens (primary N) is 1. The summed E-state index contributed by atoms with van der Waals surface area (Å²) in [4.78, 5) is 28.1. The molecule has 1 aromatic carbocycles. The number of phosphoric acid groups is 1. The second kappa shape index (κ2) is 4.41. The van der Waals surface area contributed by atoms with Crippen LogP contribution in [-0.4, -0.2) is 15.8 Å². The van der Waals surface area contributed by atoms with E-state index in [-0.39, 0.29) is 11.3 Å². The highest BCUT2D eigenvalue weighted by Crippen LogP contribution is 2.37. The predicted octanol–water partition coefficient (Wildman–Crippen LogP) is 0.222. The molecule has 15 heavy (non-hydrogen) atoms. The minimum Gasteiger partial charge on any atom is -0.367 e. The zero-order chi connectivity index (χ0) is 11.5. The van der Waals surface area contributed by atoms with E-state index >= 15 is 0 Å². The van der Waals surface area contributed by atoms with Crippen molar-refractivity contribution in [2.45, 2.75) is 0 Å².